The molecule has 13 nitrogen and oxygen atoms in total. The number of H-pyrrole nitrogens is 2. The molecule has 8 rings (SSSR count). The van der Waals surface area contributed by atoms with E-state index in [1.165, 1.54) is 0 Å². The molecule has 0 saturated heterocycles. The third kappa shape index (κ3) is 8.85. The number of benzene rings is 4. The van der Waals surface area contributed by atoms with Gasteiger partial charge in [-0.05, 0) is 122 Å². The SMILES string of the molecule is COc1ccc2c(Oc3ccc(C#N)cc3)nc(Nc3cc(C)[nH]n3)cc2c1.COc1ccc2c(Oc3ccc(Cl)cc3)nc(Nc3cc(C)[nH]n3)cc2c1. The van der Waals surface area contributed by atoms with Crippen LogP contribution in [0.1, 0.15) is 17.0 Å². The van der Waals surface area contributed by atoms with Gasteiger partial charge in [0.1, 0.15) is 34.6 Å². The number of aryl methyl sites for hydroxylation is 2. The molecule has 0 fully saturated rings. The van der Waals surface area contributed by atoms with Crippen molar-refractivity contribution in [1.82, 2.24) is 30.4 Å². The van der Waals surface area contributed by atoms with E-state index < -0.39 is 0 Å². The van der Waals surface area contributed by atoms with Crippen molar-refractivity contribution in [3.05, 3.63) is 131 Å². The normalized spacial score (nSPS) is 10.6. The lowest BCUT2D eigenvalue weighted by Crippen LogP contribution is -1.97. The Hall–Kier alpha value is -7.30. The van der Waals surface area contributed by atoms with Crippen molar-refractivity contribution in [3.63, 3.8) is 0 Å². The van der Waals surface area contributed by atoms with Gasteiger partial charge in [-0.25, -0.2) is 0 Å². The standard InChI is InChI=1S/C21H17N5O2.C20H17ClN4O2/c1-13-9-20(26-25-13)23-19-11-15-10-17(27-2)7-8-18(15)21(24-19)28-16-5-3-14(12-22)4-6-16;1-12-9-19(25-24-12)22-18-11-13-10-16(26-2)7-8-17(13)20(23-18)27-15-5-3-14(21)4-6-15/h3-11H,1-2H3,(H2,23,24,25,26);3-11H,1-2H3,(H2,22,23,24,25). The third-order valence-electron chi connectivity index (χ3n) is 8.16. The van der Waals surface area contributed by atoms with Crippen molar-refractivity contribution in [2.75, 3.05) is 24.9 Å². The number of aromatic nitrogens is 6. The van der Waals surface area contributed by atoms with Crippen molar-refractivity contribution >= 4 is 56.4 Å². The Labute approximate surface area is 320 Å². The first-order valence-electron chi connectivity index (χ1n) is 16.9. The van der Waals surface area contributed by atoms with E-state index in [-0.39, 0.29) is 0 Å². The Morgan fingerprint density at radius 3 is 1.40 bits per heavy atom. The van der Waals surface area contributed by atoms with Crippen LogP contribution in [-0.4, -0.2) is 44.6 Å². The van der Waals surface area contributed by atoms with Crippen molar-refractivity contribution in [2.24, 2.45) is 0 Å². The number of anilines is 4. The maximum Gasteiger partial charge on any atom is 0.229 e. The van der Waals surface area contributed by atoms with Gasteiger partial charge in [-0.15, -0.1) is 0 Å². The fraction of sp³-hybridized carbons (Fsp3) is 0.0976. The van der Waals surface area contributed by atoms with Gasteiger partial charge in [0, 0.05) is 39.3 Å². The van der Waals surface area contributed by atoms with Crippen LogP contribution in [0.4, 0.5) is 23.3 Å². The van der Waals surface area contributed by atoms with E-state index in [1.54, 1.807) is 62.8 Å². The highest BCUT2D eigenvalue weighted by atomic mass is 35.5. The van der Waals surface area contributed by atoms with Crippen LogP contribution < -0.4 is 29.6 Å². The maximum absolute atomic E-state index is 8.96. The molecule has 4 aromatic carbocycles. The predicted molar refractivity (Wildman–Crippen MR) is 213 cm³/mol. The summed E-state index contributed by atoms with van der Waals surface area (Å²) in [5, 5.41) is 33.7. The lowest BCUT2D eigenvalue weighted by Gasteiger charge is -2.12. The number of hydrogen-bond donors (Lipinski definition) is 4. The molecule has 4 heterocycles. The molecule has 55 heavy (non-hydrogen) atoms. The van der Waals surface area contributed by atoms with E-state index >= 15 is 0 Å². The predicted octanol–water partition coefficient (Wildman–Crippen LogP) is 10.1. The zero-order chi connectivity index (χ0) is 38.3. The minimum absolute atomic E-state index is 0.444. The number of nitrogens with zero attached hydrogens (tertiary/aromatic N) is 5. The number of pyridine rings is 2. The average Bonchev–Trinajstić information content (AvgIpc) is 3.81. The van der Waals surface area contributed by atoms with Crippen LogP contribution in [0.3, 0.4) is 0 Å². The van der Waals surface area contributed by atoms with Gasteiger partial charge in [-0.1, -0.05) is 11.6 Å². The Bertz CT molecular complexity index is 2640. The molecule has 8 aromatic rings. The molecule has 0 bridgehead atoms. The van der Waals surface area contributed by atoms with Crippen LogP contribution in [0.5, 0.6) is 34.8 Å². The third-order valence-corrected chi connectivity index (χ3v) is 8.41. The summed E-state index contributed by atoms with van der Waals surface area (Å²) in [5.41, 5.74) is 2.47. The van der Waals surface area contributed by atoms with Gasteiger partial charge < -0.3 is 29.6 Å². The highest BCUT2D eigenvalue weighted by molar-refractivity contribution is 6.30. The topological polar surface area (TPSA) is 168 Å². The van der Waals surface area contributed by atoms with Gasteiger partial charge in [-0.3, -0.25) is 10.2 Å². The van der Waals surface area contributed by atoms with E-state index in [4.69, 9.17) is 35.8 Å². The van der Waals surface area contributed by atoms with Crippen LogP contribution in [-0.2, 0) is 0 Å². The Morgan fingerprint density at radius 1 is 0.564 bits per heavy atom. The first kappa shape index (κ1) is 36.1. The number of halogens is 1. The summed E-state index contributed by atoms with van der Waals surface area (Å²) in [6.45, 7) is 3.86. The number of ether oxygens (including phenoxy) is 4. The number of nitriles is 1. The molecule has 0 aliphatic heterocycles. The summed E-state index contributed by atoms with van der Waals surface area (Å²) in [6, 6.07) is 35.2. The molecular weight excluding hydrogens is 718 g/mol. The number of aromatic amines is 2. The Morgan fingerprint density at radius 2 is 1.00 bits per heavy atom. The second-order valence-corrected chi connectivity index (χ2v) is 12.7. The number of nitrogens with one attached hydrogen (secondary N) is 4. The van der Waals surface area contributed by atoms with Crippen molar-refractivity contribution in [1.29, 1.82) is 5.26 Å². The molecule has 0 amide bonds. The molecule has 274 valence electrons. The number of rotatable bonds is 10. The minimum atomic E-state index is 0.444. The monoisotopic (exact) mass is 751 g/mol. The van der Waals surface area contributed by atoms with E-state index in [1.807, 2.05) is 74.5 Å². The van der Waals surface area contributed by atoms with Crippen molar-refractivity contribution < 1.29 is 18.9 Å². The molecule has 0 saturated carbocycles. The van der Waals surface area contributed by atoms with Gasteiger partial charge in [0.2, 0.25) is 11.8 Å². The van der Waals surface area contributed by atoms with E-state index in [2.05, 4.69) is 47.1 Å². The summed E-state index contributed by atoms with van der Waals surface area (Å²) >= 11 is 5.96. The van der Waals surface area contributed by atoms with Gasteiger partial charge in [-0.2, -0.15) is 25.4 Å². The van der Waals surface area contributed by atoms with Gasteiger partial charge in [0.05, 0.1) is 25.9 Å². The first-order chi connectivity index (χ1) is 26.7. The lowest BCUT2D eigenvalue weighted by atomic mass is 10.1. The lowest BCUT2D eigenvalue weighted by molar-refractivity contribution is 0.415. The highest BCUT2D eigenvalue weighted by Gasteiger charge is 2.13. The number of fused-ring (bicyclic) bond motifs is 2. The van der Waals surface area contributed by atoms with Gasteiger partial charge in [0.25, 0.3) is 0 Å². The van der Waals surface area contributed by atoms with Crippen LogP contribution in [0.25, 0.3) is 21.5 Å². The Kier molecular flexibility index (Phi) is 10.6. The summed E-state index contributed by atoms with van der Waals surface area (Å²) in [4.78, 5) is 9.22. The zero-order valence-corrected chi connectivity index (χ0v) is 30.9. The van der Waals surface area contributed by atoms with Crippen molar-refractivity contribution in [2.45, 2.75) is 13.8 Å². The maximum atomic E-state index is 8.96. The highest BCUT2D eigenvalue weighted by Crippen LogP contribution is 2.35. The van der Waals surface area contributed by atoms with E-state index in [0.29, 0.717) is 57.1 Å². The molecule has 0 aliphatic carbocycles. The molecule has 0 radical (unpaired) electrons. The number of hydrogen-bond acceptors (Lipinski definition) is 11. The minimum Gasteiger partial charge on any atom is -0.497 e. The molecular formula is C41H34ClN9O4. The van der Waals surface area contributed by atoms with Crippen LogP contribution in [0.15, 0.2) is 109 Å². The van der Waals surface area contributed by atoms with Gasteiger partial charge in [0.15, 0.2) is 11.6 Å². The van der Waals surface area contributed by atoms with E-state index in [0.717, 1.165) is 44.4 Å². The zero-order valence-electron chi connectivity index (χ0n) is 30.1. The molecule has 0 spiro atoms. The molecule has 4 aromatic heterocycles. The smallest absolute Gasteiger partial charge is 0.229 e. The second-order valence-electron chi connectivity index (χ2n) is 12.2. The van der Waals surface area contributed by atoms with E-state index in [9.17, 15) is 0 Å². The van der Waals surface area contributed by atoms with Crippen LogP contribution in [0.2, 0.25) is 5.02 Å². The summed E-state index contributed by atoms with van der Waals surface area (Å²) in [6.07, 6.45) is 0. The fourth-order valence-corrected chi connectivity index (χ4v) is 5.62. The second kappa shape index (κ2) is 16.2. The summed E-state index contributed by atoms with van der Waals surface area (Å²) < 4.78 is 22.7. The molecule has 0 aliphatic rings. The Balaban J connectivity index is 0.000000169. The largest absolute Gasteiger partial charge is 0.497 e. The molecule has 14 heteroatoms. The quantitative estimate of drug-likeness (QED) is 0.105. The van der Waals surface area contributed by atoms with Crippen molar-refractivity contribution in [3.8, 4) is 40.8 Å². The molecule has 0 atom stereocenters. The number of methoxy groups -OCH3 is 2. The van der Waals surface area contributed by atoms with Crippen LogP contribution in [0, 0.1) is 25.2 Å². The van der Waals surface area contributed by atoms with Crippen LogP contribution >= 0.6 is 11.6 Å². The summed E-state index contributed by atoms with van der Waals surface area (Å²) in [5.74, 6) is 6.22. The average molecular weight is 752 g/mol. The molecule has 4 N–H and O–H groups in total. The first-order valence-corrected chi connectivity index (χ1v) is 17.3. The fourth-order valence-electron chi connectivity index (χ4n) is 5.50. The molecule has 0 unspecified atom stereocenters. The van der Waals surface area contributed by atoms with Gasteiger partial charge >= 0.3 is 0 Å². The summed E-state index contributed by atoms with van der Waals surface area (Å²) in [7, 11) is 3.27.